The van der Waals surface area contributed by atoms with Gasteiger partial charge in [-0.2, -0.15) is 0 Å². The van der Waals surface area contributed by atoms with Crippen LogP contribution in [0.2, 0.25) is 0 Å². The molecule has 3 heterocycles. The number of rotatable bonds is 5. The average Bonchev–Trinajstić information content (AvgIpc) is 3.30. The number of piperazine rings is 1. The van der Waals surface area contributed by atoms with Crippen LogP contribution >= 0.6 is 11.3 Å². The molecule has 2 fully saturated rings. The molecule has 2 aromatic rings. The van der Waals surface area contributed by atoms with Gasteiger partial charge in [-0.1, -0.05) is 24.3 Å². The lowest BCUT2D eigenvalue weighted by atomic mass is 10.1. The predicted molar refractivity (Wildman–Crippen MR) is 105 cm³/mol. The van der Waals surface area contributed by atoms with E-state index in [1.54, 1.807) is 0 Å². The molecule has 134 valence electrons. The monoisotopic (exact) mass is 356 g/mol. The maximum absolute atomic E-state index is 4.65. The molecule has 5 heteroatoms. The van der Waals surface area contributed by atoms with E-state index in [9.17, 15) is 0 Å². The summed E-state index contributed by atoms with van der Waals surface area (Å²) in [6, 6.07) is 8.76. The van der Waals surface area contributed by atoms with Crippen LogP contribution in [0.15, 0.2) is 30.5 Å². The van der Waals surface area contributed by atoms with Gasteiger partial charge in [-0.15, -0.1) is 11.3 Å². The summed E-state index contributed by atoms with van der Waals surface area (Å²) in [6.45, 7) is 11.4. The fourth-order valence-corrected chi connectivity index (χ4v) is 4.78. The Bertz CT molecular complexity index is 685. The Kier molecular flexibility index (Phi) is 5.34. The molecule has 1 aromatic carbocycles. The fraction of sp³-hybridized carbons (Fsp3) is 0.550. The van der Waals surface area contributed by atoms with E-state index in [1.165, 1.54) is 47.1 Å². The first-order valence-electron chi connectivity index (χ1n) is 9.47. The van der Waals surface area contributed by atoms with Crippen molar-refractivity contribution in [3.63, 3.8) is 0 Å². The second-order valence-electron chi connectivity index (χ2n) is 7.28. The van der Waals surface area contributed by atoms with Gasteiger partial charge in [0.1, 0.15) is 0 Å². The summed E-state index contributed by atoms with van der Waals surface area (Å²) in [6.07, 6.45) is 4.73. The molecule has 0 bridgehead atoms. The quantitative estimate of drug-likeness (QED) is 0.819. The van der Waals surface area contributed by atoms with Gasteiger partial charge < -0.3 is 4.90 Å². The normalized spacial score (nSPS) is 19.6. The van der Waals surface area contributed by atoms with Crippen LogP contribution in [0.5, 0.6) is 0 Å². The predicted octanol–water partition coefficient (Wildman–Crippen LogP) is 3.37. The van der Waals surface area contributed by atoms with Gasteiger partial charge in [0.15, 0.2) is 5.13 Å². The second kappa shape index (κ2) is 7.85. The highest BCUT2D eigenvalue weighted by molar-refractivity contribution is 7.15. The van der Waals surface area contributed by atoms with Crippen LogP contribution < -0.4 is 4.90 Å². The van der Waals surface area contributed by atoms with Crippen LogP contribution in [-0.2, 0) is 13.1 Å². The van der Waals surface area contributed by atoms with Gasteiger partial charge in [-0.3, -0.25) is 9.80 Å². The zero-order valence-corrected chi connectivity index (χ0v) is 16.0. The molecular formula is C20H28N4S. The highest BCUT2D eigenvalue weighted by Crippen LogP contribution is 2.27. The highest BCUT2D eigenvalue weighted by Gasteiger charge is 2.20. The Morgan fingerprint density at radius 3 is 2.32 bits per heavy atom. The zero-order chi connectivity index (χ0) is 17.1. The molecule has 0 radical (unpaired) electrons. The van der Waals surface area contributed by atoms with Crippen molar-refractivity contribution in [2.75, 3.05) is 44.2 Å². The Hall–Kier alpha value is -1.43. The van der Waals surface area contributed by atoms with Crippen molar-refractivity contribution in [1.82, 2.24) is 14.8 Å². The lowest BCUT2D eigenvalue weighted by Gasteiger charge is -2.34. The van der Waals surface area contributed by atoms with Crippen molar-refractivity contribution in [3.05, 3.63) is 46.5 Å². The molecule has 0 N–H and O–H groups in total. The second-order valence-corrected chi connectivity index (χ2v) is 8.38. The number of nitrogens with zero attached hydrogens (tertiary/aromatic N) is 4. The van der Waals surface area contributed by atoms with E-state index in [0.29, 0.717) is 0 Å². The van der Waals surface area contributed by atoms with Crippen molar-refractivity contribution in [2.24, 2.45) is 0 Å². The van der Waals surface area contributed by atoms with Crippen molar-refractivity contribution < 1.29 is 0 Å². The van der Waals surface area contributed by atoms with Gasteiger partial charge >= 0.3 is 0 Å². The minimum Gasteiger partial charge on any atom is -0.348 e. The molecule has 1 aromatic heterocycles. The van der Waals surface area contributed by atoms with Crippen LogP contribution in [0.4, 0.5) is 5.13 Å². The minimum atomic E-state index is 1.06. The lowest BCUT2D eigenvalue weighted by molar-refractivity contribution is 0.122. The van der Waals surface area contributed by atoms with Crippen LogP contribution in [0.25, 0.3) is 0 Å². The molecule has 4 nitrogen and oxygen atoms in total. The number of aromatic nitrogens is 1. The van der Waals surface area contributed by atoms with E-state index in [4.69, 9.17) is 0 Å². The standard InChI is InChI=1S/C20H28N4S/c1-17-6-2-3-7-18(17)15-22-10-12-23(13-11-22)16-19-14-21-20(25-19)24-8-4-5-9-24/h2-3,6-7,14H,4-5,8-13,15-16H2,1H3. The molecule has 0 spiro atoms. The summed E-state index contributed by atoms with van der Waals surface area (Å²) in [7, 11) is 0. The maximum Gasteiger partial charge on any atom is 0.185 e. The third-order valence-electron chi connectivity index (χ3n) is 5.42. The zero-order valence-electron chi connectivity index (χ0n) is 15.2. The topological polar surface area (TPSA) is 22.6 Å². The number of anilines is 1. The van der Waals surface area contributed by atoms with E-state index < -0.39 is 0 Å². The Morgan fingerprint density at radius 1 is 0.920 bits per heavy atom. The first-order chi connectivity index (χ1) is 12.3. The molecule has 2 aliphatic heterocycles. The van der Waals surface area contributed by atoms with Gasteiger partial charge in [0, 0.05) is 63.4 Å². The summed E-state index contributed by atoms with van der Waals surface area (Å²) >= 11 is 1.89. The highest BCUT2D eigenvalue weighted by atomic mass is 32.1. The lowest BCUT2D eigenvalue weighted by Crippen LogP contribution is -2.45. The Morgan fingerprint density at radius 2 is 1.60 bits per heavy atom. The molecule has 2 aliphatic rings. The molecule has 0 aliphatic carbocycles. The van der Waals surface area contributed by atoms with Gasteiger partial charge in [-0.05, 0) is 30.9 Å². The SMILES string of the molecule is Cc1ccccc1CN1CCN(Cc2cnc(N3CCCC3)s2)CC1. The molecule has 0 amide bonds. The smallest absolute Gasteiger partial charge is 0.185 e. The first kappa shape index (κ1) is 17.0. The van der Waals surface area contributed by atoms with Crippen molar-refractivity contribution in [1.29, 1.82) is 0 Å². The number of hydrogen-bond donors (Lipinski definition) is 0. The van der Waals surface area contributed by atoms with Crippen LogP contribution in [-0.4, -0.2) is 54.1 Å². The van der Waals surface area contributed by atoms with E-state index >= 15 is 0 Å². The maximum atomic E-state index is 4.65. The minimum absolute atomic E-state index is 1.06. The van der Waals surface area contributed by atoms with E-state index in [1.807, 2.05) is 11.3 Å². The largest absolute Gasteiger partial charge is 0.348 e. The summed E-state index contributed by atoms with van der Waals surface area (Å²) in [5.41, 5.74) is 2.87. The van der Waals surface area contributed by atoms with Gasteiger partial charge in [0.25, 0.3) is 0 Å². The van der Waals surface area contributed by atoms with Crippen LogP contribution in [0, 0.1) is 6.92 Å². The first-order valence-corrected chi connectivity index (χ1v) is 10.3. The van der Waals surface area contributed by atoms with E-state index in [2.05, 4.69) is 57.1 Å². The molecule has 0 atom stereocenters. The molecule has 0 unspecified atom stereocenters. The fourth-order valence-electron chi connectivity index (χ4n) is 3.78. The van der Waals surface area contributed by atoms with Gasteiger partial charge in [0.05, 0.1) is 0 Å². The molecule has 2 saturated heterocycles. The summed E-state index contributed by atoms with van der Waals surface area (Å²) < 4.78 is 0. The van der Waals surface area contributed by atoms with Crippen molar-refractivity contribution in [3.8, 4) is 0 Å². The Balaban J connectivity index is 1.27. The van der Waals surface area contributed by atoms with Crippen LogP contribution in [0.1, 0.15) is 28.8 Å². The van der Waals surface area contributed by atoms with Crippen LogP contribution in [0.3, 0.4) is 0 Å². The van der Waals surface area contributed by atoms with E-state index in [-0.39, 0.29) is 0 Å². The summed E-state index contributed by atoms with van der Waals surface area (Å²) in [5.74, 6) is 0. The van der Waals surface area contributed by atoms with Gasteiger partial charge in [0.2, 0.25) is 0 Å². The summed E-state index contributed by atoms with van der Waals surface area (Å²) in [5, 5.41) is 1.23. The van der Waals surface area contributed by atoms with Crippen molar-refractivity contribution in [2.45, 2.75) is 32.9 Å². The number of benzene rings is 1. The molecular weight excluding hydrogens is 328 g/mol. The Labute approximate surface area is 155 Å². The summed E-state index contributed by atoms with van der Waals surface area (Å²) in [4.78, 5) is 13.7. The molecule has 25 heavy (non-hydrogen) atoms. The average molecular weight is 357 g/mol. The number of aryl methyl sites for hydroxylation is 1. The number of thiazole rings is 1. The van der Waals surface area contributed by atoms with E-state index in [0.717, 1.165) is 39.3 Å². The molecule has 0 saturated carbocycles. The number of hydrogen-bond acceptors (Lipinski definition) is 5. The third kappa shape index (κ3) is 4.22. The van der Waals surface area contributed by atoms with Crippen molar-refractivity contribution >= 4 is 16.5 Å². The third-order valence-corrected chi connectivity index (χ3v) is 6.46. The van der Waals surface area contributed by atoms with Gasteiger partial charge in [-0.25, -0.2) is 4.98 Å². The molecule has 4 rings (SSSR count).